The highest BCUT2D eigenvalue weighted by Gasteiger charge is 2.36. The molecule has 0 fully saturated rings. The summed E-state index contributed by atoms with van der Waals surface area (Å²) in [5.74, 6) is 0.317. The summed E-state index contributed by atoms with van der Waals surface area (Å²) in [5, 5.41) is 3.71. The molecule has 2 N–H and O–H groups in total. The first kappa shape index (κ1) is 20.1. The van der Waals surface area contributed by atoms with Gasteiger partial charge in [0, 0.05) is 23.8 Å². The maximum absolute atomic E-state index is 13.0. The Labute approximate surface area is 168 Å². The molecule has 2 aromatic rings. The van der Waals surface area contributed by atoms with Crippen LogP contribution < -0.4 is 10.9 Å². The van der Waals surface area contributed by atoms with Crippen LogP contribution in [0.4, 0.5) is 5.82 Å². The molecular weight excluding hydrogens is 376 g/mol. The molecule has 1 atom stereocenters. The second-order valence-corrected chi connectivity index (χ2v) is 7.52. The molecule has 1 aliphatic rings. The number of nitrogens with one attached hydrogen (secondary N) is 2. The first-order chi connectivity index (χ1) is 13.6. The normalized spacial score (nSPS) is 15.8. The van der Waals surface area contributed by atoms with E-state index in [-0.39, 0.29) is 12.2 Å². The highest BCUT2D eigenvalue weighted by Crippen LogP contribution is 2.39. The van der Waals surface area contributed by atoms with E-state index in [2.05, 4.69) is 27.2 Å². The van der Waals surface area contributed by atoms with Crippen LogP contribution in [0.2, 0.25) is 0 Å². The Morgan fingerprint density at radius 2 is 2.18 bits per heavy atom. The second-order valence-electron chi connectivity index (χ2n) is 6.44. The molecule has 0 aliphatic carbocycles. The van der Waals surface area contributed by atoms with Crippen LogP contribution in [0.15, 0.2) is 45.7 Å². The third-order valence-electron chi connectivity index (χ3n) is 4.47. The summed E-state index contributed by atoms with van der Waals surface area (Å²) in [4.78, 5) is 37.3. The number of hydrogen-bond acceptors (Lipinski definition) is 7. The number of carbonyl (C=O) groups excluding carboxylic acids is 1. The van der Waals surface area contributed by atoms with Crippen LogP contribution in [0, 0.1) is 0 Å². The van der Waals surface area contributed by atoms with E-state index in [4.69, 9.17) is 4.74 Å². The number of anilines is 1. The van der Waals surface area contributed by atoms with E-state index >= 15 is 0 Å². The van der Waals surface area contributed by atoms with E-state index in [9.17, 15) is 9.59 Å². The number of allylic oxidation sites excluding steroid dienone is 1. The van der Waals surface area contributed by atoms with Gasteiger partial charge in [-0.05, 0) is 31.9 Å². The average molecular weight is 401 g/mol. The summed E-state index contributed by atoms with van der Waals surface area (Å²) in [6.45, 7) is 5.93. The van der Waals surface area contributed by atoms with Gasteiger partial charge >= 0.3 is 5.97 Å². The van der Waals surface area contributed by atoms with Crippen LogP contribution >= 0.6 is 11.8 Å². The molecule has 1 aliphatic heterocycles. The lowest BCUT2D eigenvalue weighted by Gasteiger charge is -2.28. The molecule has 8 heteroatoms. The number of pyridine rings is 1. The van der Waals surface area contributed by atoms with Crippen molar-refractivity contribution in [3.8, 4) is 0 Å². The van der Waals surface area contributed by atoms with Gasteiger partial charge in [-0.15, -0.1) is 0 Å². The van der Waals surface area contributed by atoms with E-state index in [1.165, 1.54) is 11.8 Å². The zero-order chi connectivity index (χ0) is 20.1. The average Bonchev–Trinajstić information content (AvgIpc) is 2.68. The molecule has 0 radical (unpaired) electrons. The molecule has 3 rings (SSSR count). The van der Waals surface area contributed by atoms with Crippen LogP contribution in [0.1, 0.15) is 50.7 Å². The minimum absolute atomic E-state index is 0.254. The molecule has 0 amide bonds. The van der Waals surface area contributed by atoms with E-state index < -0.39 is 11.9 Å². The van der Waals surface area contributed by atoms with Gasteiger partial charge in [0.2, 0.25) is 0 Å². The predicted molar refractivity (Wildman–Crippen MR) is 110 cm³/mol. The first-order valence-electron chi connectivity index (χ1n) is 9.38. The van der Waals surface area contributed by atoms with Gasteiger partial charge in [0.1, 0.15) is 5.82 Å². The van der Waals surface area contributed by atoms with Crippen molar-refractivity contribution in [2.24, 2.45) is 0 Å². The van der Waals surface area contributed by atoms with Gasteiger partial charge in [-0.1, -0.05) is 31.2 Å². The van der Waals surface area contributed by atoms with Gasteiger partial charge in [0.05, 0.1) is 23.7 Å². The highest BCUT2D eigenvalue weighted by molar-refractivity contribution is 7.99. The smallest absolute Gasteiger partial charge is 0.336 e. The number of aromatic amines is 1. The van der Waals surface area contributed by atoms with Crippen LogP contribution in [0.3, 0.4) is 0 Å². The maximum Gasteiger partial charge on any atom is 0.336 e. The minimum atomic E-state index is -0.588. The zero-order valence-corrected chi connectivity index (χ0v) is 17.1. The number of ether oxygens (including phenoxy) is 1. The summed E-state index contributed by atoms with van der Waals surface area (Å²) in [6.07, 6.45) is 5.44. The fourth-order valence-corrected chi connectivity index (χ4v) is 4.12. The molecule has 0 aromatic carbocycles. The van der Waals surface area contributed by atoms with Gasteiger partial charge in [-0.2, -0.15) is 0 Å². The number of unbranched alkanes of at least 4 members (excludes halogenated alkanes) is 1. The van der Waals surface area contributed by atoms with E-state index in [0.717, 1.165) is 24.2 Å². The molecule has 7 nitrogen and oxygen atoms in total. The van der Waals surface area contributed by atoms with Crippen molar-refractivity contribution in [3.05, 3.63) is 57.3 Å². The largest absolute Gasteiger partial charge is 0.463 e. The molecule has 0 saturated carbocycles. The molecule has 0 saturated heterocycles. The predicted octanol–water partition coefficient (Wildman–Crippen LogP) is 3.45. The number of carbonyl (C=O) groups is 1. The molecule has 3 heterocycles. The molecule has 0 unspecified atom stereocenters. The van der Waals surface area contributed by atoms with Gasteiger partial charge in [-0.3, -0.25) is 9.78 Å². The van der Waals surface area contributed by atoms with Gasteiger partial charge in [-0.25, -0.2) is 9.78 Å². The monoisotopic (exact) mass is 400 g/mol. The molecule has 0 bridgehead atoms. The number of esters is 1. The summed E-state index contributed by atoms with van der Waals surface area (Å²) in [7, 11) is 0. The molecular formula is C20H24N4O3S. The molecule has 0 spiro atoms. The Kier molecular flexibility index (Phi) is 6.51. The Morgan fingerprint density at radius 3 is 2.86 bits per heavy atom. The summed E-state index contributed by atoms with van der Waals surface area (Å²) in [5.41, 5.74) is 1.91. The van der Waals surface area contributed by atoms with Crippen LogP contribution in [0.5, 0.6) is 0 Å². The number of H-pyrrole nitrogens is 1. The Bertz CT molecular complexity index is 940. The minimum Gasteiger partial charge on any atom is -0.463 e. The first-order valence-corrected chi connectivity index (χ1v) is 10.4. The quantitative estimate of drug-likeness (QED) is 0.318. The number of thioether (sulfide) groups is 1. The maximum atomic E-state index is 13.0. The number of hydrogen-bond donors (Lipinski definition) is 2. The second kappa shape index (κ2) is 9.05. The van der Waals surface area contributed by atoms with Gasteiger partial charge in [0.15, 0.2) is 5.16 Å². The summed E-state index contributed by atoms with van der Waals surface area (Å²) < 4.78 is 5.25. The molecule has 28 heavy (non-hydrogen) atoms. The highest BCUT2D eigenvalue weighted by atomic mass is 32.2. The third-order valence-corrected chi connectivity index (χ3v) is 5.43. The third kappa shape index (κ3) is 4.11. The molecule has 148 valence electrons. The SMILES string of the molecule is CCCCSc1nc2c(c(=O)[nH]1)[C@@H](c1cccnc1)C(C(=O)OCC)=C(C)N2. The van der Waals surface area contributed by atoms with Crippen molar-refractivity contribution in [3.63, 3.8) is 0 Å². The number of rotatable bonds is 7. The lowest BCUT2D eigenvalue weighted by Crippen LogP contribution is -2.31. The Balaban J connectivity index is 2.11. The Hall–Kier alpha value is -2.61. The van der Waals surface area contributed by atoms with Crippen molar-refractivity contribution >= 4 is 23.5 Å². The van der Waals surface area contributed by atoms with Crippen molar-refractivity contribution in [2.45, 2.75) is 44.7 Å². The van der Waals surface area contributed by atoms with Crippen molar-refractivity contribution < 1.29 is 9.53 Å². The summed E-state index contributed by atoms with van der Waals surface area (Å²) >= 11 is 1.52. The lowest BCUT2D eigenvalue weighted by molar-refractivity contribution is -0.138. The lowest BCUT2D eigenvalue weighted by atomic mass is 9.83. The fourth-order valence-electron chi connectivity index (χ4n) is 3.17. The number of fused-ring (bicyclic) bond motifs is 1. The van der Waals surface area contributed by atoms with Crippen LogP contribution in [0.25, 0.3) is 0 Å². The van der Waals surface area contributed by atoms with Crippen molar-refractivity contribution in [2.75, 3.05) is 17.7 Å². The fraction of sp³-hybridized carbons (Fsp3) is 0.400. The van der Waals surface area contributed by atoms with Crippen molar-refractivity contribution in [1.82, 2.24) is 15.0 Å². The van der Waals surface area contributed by atoms with E-state index in [1.807, 2.05) is 6.07 Å². The van der Waals surface area contributed by atoms with Gasteiger partial charge in [0.25, 0.3) is 5.56 Å². The zero-order valence-electron chi connectivity index (χ0n) is 16.2. The summed E-state index contributed by atoms with van der Waals surface area (Å²) in [6, 6.07) is 3.63. The van der Waals surface area contributed by atoms with Crippen LogP contribution in [-0.4, -0.2) is 33.3 Å². The number of nitrogens with zero attached hydrogens (tertiary/aromatic N) is 2. The van der Waals surface area contributed by atoms with Crippen LogP contribution in [-0.2, 0) is 9.53 Å². The standard InChI is InChI=1S/C20H24N4O3S/c1-4-6-10-28-20-23-17-16(18(25)24-20)15(13-8-7-9-21-11-13)14(12(3)22-17)19(26)27-5-2/h7-9,11,15H,4-6,10H2,1-3H3,(H2,22,23,24,25)/t15-/m0/s1. The van der Waals surface area contributed by atoms with E-state index in [0.29, 0.717) is 27.8 Å². The topological polar surface area (TPSA) is 97.0 Å². The number of aromatic nitrogens is 3. The van der Waals surface area contributed by atoms with Crippen molar-refractivity contribution in [1.29, 1.82) is 0 Å². The molecule has 2 aromatic heterocycles. The van der Waals surface area contributed by atoms with Gasteiger partial charge < -0.3 is 15.0 Å². The Morgan fingerprint density at radius 1 is 1.36 bits per heavy atom. The van der Waals surface area contributed by atoms with E-state index in [1.54, 1.807) is 32.3 Å².